The second kappa shape index (κ2) is 9.63. The number of aromatic amines is 1. The molecule has 1 N–H and O–H groups in total. The van der Waals surface area contributed by atoms with Gasteiger partial charge >= 0.3 is 0 Å². The fraction of sp³-hybridized carbons (Fsp3) is 0.150. The van der Waals surface area contributed by atoms with Crippen molar-refractivity contribution in [3.8, 4) is 28.8 Å². The summed E-state index contributed by atoms with van der Waals surface area (Å²) in [5.41, 5.74) is 0.917. The van der Waals surface area contributed by atoms with Gasteiger partial charge in [0.1, 0.15) is 24.0 Å². The molecule has 0 saturated carbocycles. The van der Waals surface area contributed by atoms with E-state index in [0.717, 1.165) is 0 Å². The van der Waals surface area contributed by atoms with E-state index in [2.05, 4.69) is 9.97 Å². The minimum atomic E-state index is -0.500. The van der Waals surface area contributed by atoms with Crippen LogP contribution in [-0.2, 0) is 6.61 Å². The van der Waals surface area contributed by atoms with E-state index in [4.69, 9.17) is 44.3 Å². The summed E-state index contributed by atoms with van der Waals surface area (Å²) in [6.45, 7) is 0.0680. The molecule has 0 aliphatic carbocycles. The van der Waals surface area contributed by atoms with E-state index < -0.39 is 5.56 Å². The quantitative estimate of drug-likeness (QED) is 0.364. The monoisotopic (exact) mass is 481 g/mol. The molecule has 30 heavy (non-hydrogen) atoms. The van der Waals surface area contributed by atoms with Crippen molar-refractivity contribution < 1.29 is 9.47 Å². The number of hydrogen-bond donors (Lipinski definition) is 1. The molecule has 0 aliphatic rings. The average Bonchev–Trinajstić information content (AvgIpc) is 2.72. The summed E-state index contributed by atoms with van der Waals surface area (Å²) < 4.78 is 11.2. The van der Waals surface area contributed by atoms with Crippen molar-refractivity contribution in [3.63, 3.8) is 0 Å². The zero-order valence-corrected chi connectivity index (χ0v) is 18.8. The summed E-state index contributed by atoms with van der Waals surface area (Å²) in [6, 6.07) is 10.1. The lowest BCUT2D eigenvalue weighted by Crippen LogP contribution is -2.14. The van der Waals surface area contributed by atoms with Gasteiger partial charge in [0.25, 0.3) is 5.56 Å². The molecule has 10 heteroatoms. The van der Waals surface area contributed by atoms with E-state index >= 15 is 0 Å². The van der Waals surface area contributed by atoms with Crippen molar-refractivity contribution in [1.29, 1.82) is 5.26 Å². The molecule has 0 saturated heterocycles. The number of H-pyrrole nitrogens is 1. The Morgan fingerprint density at radius 2 is 1.90 bits per heavy atom. The molecule has 0 amide bonds. The van der Waals surface area contributed by atoms with Crippen molar-refractivity contribution in [1.82, 2.24) is 9.97 Å². The van der Waals surface area contributed by atoms with Crippen LogP contribution in [0, 0.1) is 11.3 Å². The van der Waals surface area contributed by atoms with E-state index in [1.807, 2.05) is 6.07 Å². The Morgan fingerprint density at radius 1 is 1.20 bits per heavy atom. The molecule has 0 spiro atoms. The number of thioether (sulfide) groups is 1. The third-order valence-corrected chi connectivity index (χ3v) is 5.45. The highest BCUT2D eigenvalue weighted by Gasteiger charge is 2.16. The van der Waals surface area contributed by atoms with Crippen LogP contribution in [0.4, 0.5) is 0 Å². The summed E-state index contributed by atoms with van der Waals surface area (Å²) in [5.74, 6) is 0.834. The van der Waals surface area contributed by atoms with E-state index in [9.17, 15) is 10.1 Å². The van der Waals surface area contributed by atoms with Gasteiger partial charge in [-0.05, 0) is 36.6 Å². The Hall–Kier alpha value is -2.37. The van der Waals surface area contributed by atoms with Crippen molar-refractivity contribution in [2.75, 3.05) is 13.4 Å². The first-order valence-corrected chi connectivity index (χ1v) is 10.8. The number of hydrogen-bond acceptors (Lipinski definition) is 6. The highest BCUT2D eigenvalue weighted by molar-refractivity contribution is 7.98. The molecule has 1 heterocycles. The molecule has 6 nitrogen and oxygen atoms in total. The van der Waals surface area contributed by atoms with Crippen LogP contribution >= 0.6 is 46.6 Å². The van der Waals surface area contributed by atoms with Crippen molar-refractivity contribution in [3.05, 3.63) is 66.9 Å². The Balaban J connectivity index is 2.03. The fourth-order valence-electron chi connectivity index (χ4n) is 2.72. The summed E-state index contributed by atoms with van der Waals surface area (Å²) in [6.07, 6.45) is 1.78. The lowest BCUT2D eigenvalue weighted by Gasteiger charge is -2.14. The van der Waals surface area contributed by atoms with Gasteiger partial charge in [-0.15, -0.1) is 0 Å². The maximum atomic E-state index is 12.2. The number of nitrogens with zero attached hydrogens (tertiary/aromatic N) is 2. The predicted octanol–water partition coefficient (Wildman–Crippen LogP) is 5.58. The summed E-state index contributed by atoms with van der Waals surface area (Å²) >= 11 is 19.6. The zero-order chi connectivity index (χ0) is 21.8. The maximum absolute atomic E-state index is 12.2. The summed E-state index contributed by atoms with van der Waals surface area (Å²) in [7, 11) is 1.53. The van der Waals surface area contributed by atoms with Gasteiger partial charge in [-0.25, -0.2) is 4.98 Å². The van der Waals surface area contributed by atoms with Gasteiger partial charge in [0.05, 0.1) is 22.8 Å². The van der Waals surface area contributed by atoms with Gasteiger partial charge in [-0.3, -0.25) is 4.79 Å². The van der Waals surface area contributed by atoms with E-state index in [-0.39, 0.29) is 33.7 Å². The van der Waals surface area contributed by atoms with Crippen LogP contribution in [0.15, 0.2) is 40.3 Å². The van der Waals surface area contributed by atoms with E-state index in [1.54, 1.807) is 24.5 Å². The fourth-order valence-corrected chi connectivity index (χ4v) is 4.02. The van der Waals surface area contributed by atoms with Crippen LogP contribution in [0.5, 0.6) is 11.5 Å². The first kappa shape index (κ1) is 22.3. The molecule has 0 fully saturated rings. The molecule has 154 valence electrons. The van der Waals surface area contributed by atoms with Gasteiger partial charge in [-0.1, -0.05) is 46.6 Å². The molecule has 3 aromatic rings. The van der Waals surface area contributed by atoms with Gasteiger partial charge in [0, 0.05) is 16.1 Å². The Kier molecular flexibility index (Phi) is 7.16. The minimum absolute atomic E-state index is 0.0680. The largest absolute Gasteiger partial charge is 0.496 e. The Morgan fingerprint density at radius 3 is 2.50 bits per heavy atom. The lowest BCUT2D eigenvalue weighted by atomic mass is 10.0. The first-order valence-electron chi connectivity index (χ1n) is 8.41. The minimum Gasteiger partial charge on any atom is -0.496 e. The SMILES string of the molecule is COc1ccc(-c2nc(SC)[nH]c(=O)c2C#N)cc1COc1c(Cl)cc(Cl)cc1Cl. The summed E-state index contributed by atoms with van der Waals surface area (Å²) in [4.78, 5) is 19.2. The molecule has 0 unspecified atom stereocenters. The topological polar surface area (TPSA) is 88.0 Å². The molecule has 0 atom stereocenters. The second-order valence-electron chi connectivity index (χ2n) is 5.92. The molecule has 0 radical (unpaired) electrons. The Labute approximate surface area is 191 Å². The van der Waals surface area contributed by atoms with Gasteiger partial charge in [0.2, 0.25) is 0 Å². The molecule has 0 aliphatic heterocycles. The van der Waals surface area contributed by atoms with Crippen molar-refractivity contribution >= 4 is 46.6 Å². The molecule has 1 aromatic heterocycles. The zero-order valence-electron chi connectivity index (χ0n) is 15.8. The third kappa shape index (κ3) is 4.68. The first-order chi connectivity index (χ1) is 14.4. The number of halogens is 3. The number of benzene rings is 2. The highest BCUT2D eigenvalue weighted by Crippen LogP contribution is 2.37. The van der Waals surface area contributed by atoms with Crippen LogP contribution in [0.3, 0.4) is 0 Å². The normalized spacial score (nSPS) is 10.5. The summed E-state index contributed by atoms with van der Waals surface area (Å²) in [5, 5.41) is 10.8. The average molecular weight is 483 g/mol. The molecule has 0 bridgehead atoms. The standard InChI is InChI=1S/C20H14Cl3N3O3S/c1-28-16-4-3-10(17-13(8-24)19(27)26-20(25-17)30-2)5-11(16)9-29-18-14(22)6-12(21)7-15(18)23/h3-7H,9H2,1-2H3,(H,25,26,27). The number of aromatic nitrogens is 2. The van der Waals surface area contributed by atoms with E-state index in [1.165, 1.54) is 31.0 Å². The number of rotatable bonds is 6. The van der Waals surface area contributed by atoms with Crippen molar-refractivity contribution in [2.24, 2.45) is 0 Å². The molecular formula is C20H14Cl3N3O3S. The van der Waals surface area contributed by atoms with Crippen LogP contribution in [0.25, 0.3) is 11.3 Å². The van der Waals surface area contributed by atoms with Crippen LogP contribution in [0.2, 0.25) is 15.1 Å². The van der Waals surface area contributed by atoms with Crippen LogP contribution in [0.1, 0.15) is 11.1 Å². The molecular weight excluding hydrogens is 469 g/mol. The van der Waals surface area contributed by atoms with Crippen LogP contribution in [-0.4, -0.2) is 23.3 Å². The second-order valence-corrected chi connectivity index (χ2v) is 7.97. The number of ether oxygens (including phenoxy) is 2. The van der Waals surface area contributed by atoms with Gasteiger partial charge < -0.3 is 14.5 Å². The lowest BCUT2D eigenvalue weighted by molar-refractivity contribution is 0.297. The highest BCUT2D eigenvalue weighted by atomic mass is 35.5. The third-order valence-electron chi connectivity index (χ3n) is 4.09. The number of nitriles is 1. The van der Waals surface area contributed by atoms with Crippen LogP contribution < -0.4 is 15.0 Å². The van der Waals surface area contributed by atoms with E-state index in [0.29, 0.717) is 27.1 Å². The van der Waals surface area contributed by atoms with Gasteiger partial charge in [-0.2, -0.15) is 5.26 Å². The molecule has 3 rings (SSSR count). The number of nitrogens with one attached hydrogen (secondary N) is 1. The predicted molar refractivity (Wildman–Crippen MR) is 119 cm³/mol. The number of methoxy groups -OCH3 is 1. The Bertz CT molecular complexity index is 1190. The smallest absolute Gasteiger partial charge is 0.270 e. The maximum Gasteiger partial charge on any atom is 0.270 e. The van der Waals surface area contributed by atoms with Crippen molar-refractivity contribution in [2.45, 2.75) is 11.8 Å². The van der Waals surface area contributed by atoms with Gasteiger partial charge in [0.15, 0.2) is 10.9 Å². The molecule has 2 aromatic carbocycles.